The van der Waals surface area contributed by atoms with E-state index in [1.807, 2.05) is 60.7 Å². The molecule has 3 aromatic rings. The van der Waals surface area contributed by atoms with Crippen molar-refractivity contribution in [2.45, 2.75) is 24.8 Å². The van der Waals surface area contributed by atoms with E-state index < -0.39 is 17.9 Å². The fourth-order valence-corrected chi connectivity index (χ4v) is 3.31. The number of carboxylic acids is 1. The number of nitrogens with one attached hydrogen (secondary N) is 3. The largest absolute Gasteiger partial charge is 0.480 e. The summed E-state index contributed by atoms with van der Waals surface area (Å²) in [6.45, 7) is 0.332. The number of hydrogen-bond acceptors (Lipinski definition) is 5. The molecule has 0 spiro atoms. The highest BCUT2D eigenvalue weighted by Crippen LogP contribution is 2.31. The second kappa shape index (κ2) is 10.8. The molecule has 0 aliphatic rings. The van der Waals surface area contributed by atoms with Crippen molar-refractivity contribution in [3.05, 3.63) is 89.6 Å². The zero-order valence-electron chi connectivity index (χ0n) is 17.3. The lowest BCUT2D eigenvalue weighted by Gasteiger charge is -2.15. The second-order valence-corrected chi connectivity index (χ2v) is 7.17. The van der Waals surface area contributed by atoms with Crippen molar-refractivity contribution in [1.82, 2.24) is 15.6 Å². The van der Waals surface area contributed by atoms with E-state index in [0.717, 1.165) is 11.1 Å². The average molecular weight is 435 g/mol. The predicted octanol–water partition coefficient (Wildman–Crippen LogP) is 2.30. The molecule has 0 bridgehead atoms. The number of aliphatic carboxylic acids is 1. The van der Waals surface area contributed by atoms with Crippen LogP contribution in [0, 0.1) is 5.41 Å². The van der Waals surface area contributed by atoms with Gasteiger partial charge in [-0.3, -0.25) is 10.2 Å². The third-order valence-electron chi connectivity index (χ3n) is 4.86. The summed E-state index contributed by atoms with van der Waals surface area (Å²) in [5.41, 5.74) is 7.11. The van der Waals surface area contributed by atoms with E-state index in [0.29, 0.717) is 18.9 Å². The molecule has 6 N–H and O–H groups in total. The van der Waals surface area contributed by atoms with E-state index in [2.05, 4.69) is 15.6 Å². The first-order valence-electron chi connectivity index (χ1n) is 10.1. The number of guanidine groups is 1. The van der Waals surface area contributed by atoms with Gasteiger partial charge in [0.2, 0.25) is 5.89 Å². The van der Waals surface area contributed by atoms with Gasteiger partial charge in [0.25, 0.3) is 5.91 Å². The number of carbonyl (C=O) groups excluding carboxylic acids is 1. The summed E-state index contributed by atoms with van der Waals surface area (Å²) >= 11 is 0. The smallest absolute Gasteiger partial charge is 0.326 e. The number of carboxylic acid groups (broad SMARTS) is 1. The third-order valence-corrected chi connectivity index (χ3v) is 4.86. The van der Waals surface area contributed by atoms with Crippen LogP contribution in [-0.4, -0.2) is 40.5 Å². The van der Waals surface area contributed by atoms with E-state index >= 15 is 0 Å². The maximum Gasteiger partial charge on any atom is 0.326 e. The van der Waals surface area contributed by atoms with Crippen molar-refractivity contribution >= 4 is 17.8 Å². The van der Waals surface area contributed by atoms with Gasteiger partial charge in [-0.15, -0.1) is 0 Å². The van der Waals surface area contributed by atoms with Crippen molar-refractivity contribution in [2.24, 2.45) is 5.73 Å². The van der Waals surface area contributed by atoms with E-state index in [1.165, 1.54) is 6.26 Å². The molecule has 9 nitrogen and oxygen atoms in total. The Morgan fingerprint density at radius 3 is 2.19 bits per heavy atom. The fourth-order valence-electron chi connectivity index (χ4n) is 3.31. The fraction of sp³-hybridized carbons (Fsp3) is 0.217. The summed E-state index contributed by atoms with van der Waals surface area (Å²) < 4.78 is 5.66. The van der Waals surface area contributed by atoms with E-state index in [1.54, 1.807) is 0 Å². The minimum absolute atomic E-state index is 0.00460. The number of amides is 1. The maximum absolute atomic E-state index is 12.6. The topological polar surface area (TPSA) is 154 Å². The molecule has 0 saturated carbocycles. The van der Waals surface area contributed by atoms with Crippen molar-refractivity contribution in [1.29, 1.82) is 5.41 Å². The van der Waals surface area contributed by atoms with Gasteiger partial charge in [-0.2, -0.15) is 0 Å². The molecule has 1 heterocycles. The highest BCUT2D eigenvalue weighted by Gasteiger charge is 2.26. The Kier molecular flexibility index (Phi) is 7.58. The number of rotatable bonds is 10. The van der Waals surface area contributed by atoms with Gasteiger partial charge in [0.1, 0.15) is 12.3 Å². The average Bonchev–Trinajstić information content (AvgIpc) is 3.27. The Balaban J connectivity index is 1.75. The van der Waals surface area contributed by atoms with Gasteiger partial charge in [-0.05, 0) is 24.0 Å². The summed E-state index contributed by atoms with van der Waals surface area (Å²) in [7, 11) is 0. The van der Waals surface area contributed by atoms with Crippen LogP contribution in [-0.2, 0) is 4.79 Å². The lowest BCUT2D eigenvalue weighted by atomic mass is 9.91. The van der Waals surface area contributed by atoms with Crippen LogP contribution in [0.25, 0.3) is 0 Å². The van der Waals surface area contributed by atoms with Gasteiger partial charge in [0.05, 0.1) is 5.92 Å². The Bertz CT molecular complexity index is 1010. The van der Waals surface area contributed by atoms with Crippen molar-refractivity contribution in [2.75, 3.05) is 6.54 Å². The van der Waals surface area contributed by atoms with Crippen LogP contribution in [0.1, 0.15) is 46.3 Å². The summed E-state index contributed by atoms with van der Waals surface area (Å²) in [5.74, 6) is -1.96. The third kappa shape index (κ3) is 5.94. The first-order valence-corrected chi connectivity index (χ1v) is 10.1. The summed E-state index contributed by atoms with van der Waals surface area (Å²) in [5, 5.41) is 21.6. The van der Waals surface area contributed by atoms with Crippen LogP contribution >= 0.6 is 0 Å². The Labute approximate surface area is 185 Å². The quantitative estimate of drug-likeness (QED) is 0.186. The molecule has 1 atom stereocenters. The van der Waals surface area contributed by atoms with Gasteiger partial charge in [-0.25, -0.2) is 9.78 Å². The number of hydrogen-bond donors (Lipinski definition) is 5. The van der Waals surface area contributed by atoms with Crippen LogP contribution in [0.15, 0.2) is 71.3 Å². The number of nitrogens with two attached hydrogens (primary N) is 1. The van der Waals surface area contributed by atoms with E-state index in [-0.39, 0.29) is 24.0 Å². The highest BCUT2D eigenvalue weighted by atomic mass is 16.4. The first kappa shape index (κ1) is 22.5. The molecule has 0 radical (unpaired) electrons. The van der Waals surface area contributed by atoms with Crippen molar-refractivity contribution in [3.8, 4) is 0 Å². The number of oxazole rings is 1. The van der Waals surface area contributed by atoms with Gasteiger partial charge in [-0.1, -0.05) is 60.7 Å². The lowest BCUT2D eigenvalue weighted by Crippen LogP contribution is -2.41. The molecule has 0 saturated heterocycles. The molecule has 0 aliphatic carbocycles. The number of nitrogens with zero attached hydrogens (tertiary/aromatic N) is 1. The second-order valence-electron chi connectivity index (χ2n) is 7.17. The molecular weight excluding hydrogens is 410 g/mol. The zero-order chi connectivity index (χ0) is 22.9. The normalized spacial score (nSPS) is 11.7. The van der Waals surface area contributed by atoms with Crippen LogP contribution in [0.4, 0.5) is 0 Å². The molecule has 166 valence electrons. The standard InChI is InChI=1S/C23H25N5O4/c24-23(25)26-13-7-12-17(22(30)31)27-20(29)18-14-32-21(28-18)19(15-8-3-1-4-9-15)16-10-5-2-6-11-16/h1-6,8-11,14,17,19H,7,12-13H2,(H,27,29)(H,30,31)(H4,24,25,26). The molecule has 3 rings (SSSR count). The number of carbonyl (C=O) groups is 2. The van der Waals surface area contributed by atoms with Crippen LogP contribution < -0.4 is 16.4 Å². The van der Waals surface area contributed by atoms with Gasteiger partial charge < -0.3 is 25.9 Å². The SMILES string of the molecule is N=C(N)NCCCC(NC(=O)c1coc(C(c2ccccc2)c2ccccc2)n1)C(=O)O. The van der Waals surface area contributed by atoms with E-state index in [4.69, 9.17) is 15.6 Å². The molecular formula is C23H25N5O4. The molecule has 1 amide bonds. The summed E-state index contributed by atoms with van der Waals surface area (Å²) in [6, 6.07) is 18.2. The predicted molar refractivity (Wildman–Crippen MR) is 118 cm³/mol. The van der Waals surface area contributed by atoms with Crippen LogP contribution in [0.3, 0.4) is 0 Å². The first-order chi connectivity index (χ1) is 15.5. The van der Waals surface area contributed by atoms with Crippen LogP contribution in [0.5, 0.6) is 0 Å². The van der Waals surface area contributed by atoms with Crippen LogP contribution in [0.2, 0.25) is 0 Å². The van der Waals surface area contributed by atoms with E-state index in [9.17, 15) is 14.7 Å². The molecule has 32 heavy (non-hydrogen) atoms. The summed E-state index contributed by atoms with van der Waals surface area (Å²) in [4.78, 5) is 28.5. The molecule has 0 aliphatic heterocycles. The minimum Gasteiger partial charge on any atom is -0.480 e. The number of aromatic nitrogens is 1. The number of benzene rings is 2. The molecule has 1 unspecified atom stereocenters. The molecule has 2 aromatic carbocycles. The zero-order valence-corrected chi connectivity index (χ0v) is 17.3. The minimum atomic E-state index is -1.16. The van der Waals surface area contributed by atoms with Crippen molar-refractivity contribution < 1.29 is 19.1 Å². The monoisotopic (exact) mass is 435 g/mol. The highest BCUT2D eigenvalue weighted by molar-refractivity contribution is 5.94. The Morgan fingerprint density at radius 1 is 1.06 bits per heavy atom. The lowest BCUT2D eigenvalue weighted by molar-refractivity contribution is -0.139. The van der Waals surface area contributed by atoms with Gasteiger partial charge >= 0.3 is 5.97 Å². The molecule has 0 fully saturated rings. The Morgan fingerprint density at radius 2 is 1.66 bits per heavy atom. The summed E-state index contributed by atoms with van der Waals surface area (Å²) in [6.07, 6.45) is 1.81. The van der Waals surface area contributed by atoms with Crippen molar-refractivity contribution in [3.63, 3.8) is 0 Å². The van der Waals surface area contributed by atoms with Gasteiger partial charge in [0, 0.05) is 6.54 Å². The maximum atomic E-state index is 12.6. The van der Waals surface area contributed by atoms with Gasteiger partial charge in [0.15, 0.2) is 11.7 Å². The molecule has 9 heteroatoms. The Hall–Kier alpha value is -4.14. The molecule has 1 aromatic heterocycles.